The van der Waals surface area contributed by atoms with Crippen LogP contribution in [0.5, 0.6) is 5.75 Å². The number of amides is 1. The van der Waals surface area contributed by atoms with Crippen molar-refractivity contribution < 1.29 is 19.4 Å². The number of cyclic esters (lactones) is 1. The first-order valence-corrected chi connectivity index (χ1v) is 10.4. The number of benzene rings is 1. The van der Waals surface area contributed by atoms with Crippen LogP contribution in [-0.2, 0) is 10.3 Å². The lowest BCUT2D eigenvalue weighted by atomic mass is 10.0. The molecule has 2 atom stereocenters. The minimum absolute atomic E-state index is 0.00980. The molecule has 3 aliphatic rings. The number of anilines is 1. The van der Waals surface area contributed by atoms with Crippen LogP contribution in [0.1, 0.15) is 39.3 Å². The van der Waals surface area contributed by atoms with Crippen molar-refractivity contribution in [2.75, 3.05) is 18.1 Å². The normalized spacial score (nSPS) is 24.0. The van der Waals surface area contributed by atoms with Crippen LogP contribution < -0.4 is 15.0 Å². The van der Waals surface area contributed by atoms with Crippen LogP contribution in [0.15, 0.2) is 36.5 Å². The van der Waals surface area contributed by atoms with E-state index >= 15 is 0 Å². The number of nitrogens with one attached hydrogen (secondary N) is 1. The molecule has 0 spiro atoms. The molecule has 3 heterocycles. The number of aliphatic hydroxyl groups excluding tert-OH is 1. The third-order valence-electron chi connectivity index (χ3n) is 5.97. The van der Waals surface area contributed by atoms with Gasteiger partial charge in [-0.05, 0) is 57.4 Å². The molecule has 0 bridgehead atoms. The highest BCUT2D eigenvalue weighted by Crippen LogP contribution is 2.46. The van der Waals surface area contributed by atoms with Gasteiger partial charge in [-0.2, -0.15) is 0 Å². The fourth-order valence-corrected chi connectivity index (χ4v) is 4.50. The van der Waals surface area contributed by atoms with E-state index in [1.807, 2.05) is 24.4 Å². The molecule has 2 N–H and O–H groups in total. The molecule has 30 heavy (non-hydrogen) atoms. The Hall–Kier alpha value is -2.64. The van der Waals surface area contributed by atoms with E-state index in [0.29, 0.717) is 18.0 Å². The average molecular weight is 409 g/mol. The number of aliphatic hydroxyl groups is 1. The summed E-state index contributed by atoms with van der Waals surface area (Å²) in [6, 6.07) is 9.65. The predicted octanol–water partition coefficient (Wildman–Crippen LogP) is 3.20. The highest BCUT2D eigenvalue weighted by atomic mass is 16.6. The molecule has 0 radical (unpaired) electrons. The van der Waals surface area contributed by atoms with E-state index in [-0.39, 0.29) is 23.7 Å². The molecule has 5 rings (SSSR count). The molecule has 1 aromatic heterocycles. The van der Waals surface area contributed by atoms with Gasteiger partial charge in [-0.25, -0.2) is 4.79 Å². The third kappa shape index (κ3) is 3.22. The van der Waals surface area contributed by atoms with Crippen molar-refractivity contribution in [3.8, 4) is 16.9 Å². The lowest BCUT2D eigenvalue weighted by molar-refractivity contribution is 0.0734. The fraction of sp³-hybridized carbons (Fsp3) is 0.478. The summed E-state index contributed by atoms with van der Waals surface area (Å²) in [6.45, 7) is 6.62. The van der Waals surface area contributed by atoms with Crippen molar-refractivity contribution in [2.45, 2.75) is 56.8 Å². The number of carbonyl (C=O) groups excluding carboxylic acids is 1. The zero-order valence-corrected chi connectivity index (χ0v) is 17.5. The number of ether oxygens (including phenoxy) is 2. The summed E-state index contributed by atoms with van der Waals surface area (Å²) in [5.74, 6) is 0.636. The van der Waals surface area contributed by atoms with Crippen molar-refractivity contribution in [3.63, 3.8) is 0 Å². The molecule has 2 aromatic rings. The molecule has 2 aliphatic heterocycles. The molecule has 1 saturated carbocycles. The Balaban J connectivity index is 1.40. The number of hydrogen-bond donors (Lipinski definition) is 2. The molecule has 1 saturated heterocycles. The van der Waals surface area contributed by atoms with Gasteiger partial charge >= 0.3 is 6.09 Å². The maximum absolute atomic E-state index is 12.3. The van der Waals surface area contributed by atoms with Gasteiger partial charge in [0, 0.05) is 17.3 Å². The molecular weight excluding hydrogens is 382 g/mol. The molecule has 1 amide bonds. The average Bonchev–Trinajstić information content (AvgIpc) is 3.41. The number of carbonyl (C=O) groups is 1. The quantitative estimate of drug-likeness (QED) is 0.807. The van der Waals surface area contributed by atoms with E-state index in [0.717, 1.165) is 29.7 Å². The fourth-order valence-electron chi connectivity index (χ4n) is 4.50. The van der Waals surface area contributed by atoms with Gasteiger partial charge in [-0.15, -0.1) is 0 Å². The monoisotopic (exact) mass is 409 g/mol. The first-order chi connectivity index (χ1) is 14.3. The Morgan fingerprint density at radius 3 is 2.63 bits per heavy atom. The second-order valence-electron chi connectivity index (χ2n) is 9.42. The van der Waals surface area contributed by atoms with Gasteiger partial charge < -0.3 is 19.9 Å². The molecule has 7 heteroatoms. The van der Waals surface area contributed by atoms with Gasteiger partial charge in [-0.1, -0.05) is 12.1 Å². The second-order valence-corrected chi connectivity index (χ2v) is 9.42. The smallest absolute Gasteiger partial charge is 0.415 e. The van der Waals surface area contributed by atoms with E-state index < -0.39 is 12.2 Å². The van der Waals surface area contributed by atoms with Gasteiger partial charge in [0.25, 0.3) is 0 Å². The Bertz CT molecular complexity index is 979. The predicted molar refractivity (Wildman–Crippen MR) is 113 cm³/mol. The number of aromatic nitrogens is 1. The standard InChI is InChI=1S/C23H27N3O4/c1-22(2,3)25-23(8-9-23)20-7-5-15(11-24-20)14-4-6-16-18(10-14)29-13-17-19(12-27)30-21(28)26(16)17/h4-7,10-11,17,19,25,27H,8-9,12-13H2,1-3H3/t17-,19-/m0/s1. The van der Waals surface area contributed by atoms with Crippen molar-refractivity contribution in [1.82, 2.24) is 10.3 Å². The van der Waals surface area contributed by atoms with E-state index in [2.05, 4.69) is 38.2 Å². The van der Waals surface area contributed by atoms with Gasteiger partial charge in [0.15, 0.2) is 6.10 Å². The number of nitrogens with zero attached hydrogens (tertiary/aromatic N) is 2. The van der Waals surface area contributed by atoms with E-state index in [9.17, 15) is 9.90 Å². The van der Waals surface area contributed by atoms with E-state index in [1.54, 1.807) is 4.90 Å². The Morgan fingerprint density at radius 1 is 1.23 bits per heavy atom. The molecule has 158 valence electrons. The van der Waals surface area contributed by atoms with Gasteiger partial charge in [0.2, 0.25) is 0 Å². The van der Waals surface area contributed by atoms with Crippen LogP contribution in [0.4, 0.5) is 10.5 Å². The summed E-state index contributed by atoms with van der Waals surface area (Å²) in [6.07, 6.45) is 3.11. The topological polar surface area (TPSA) is 83.9 Å². The first kappa shape index (κ1) is 19.3. The summed E-state index contributed by atoms with van der Waals surface area (Å²) in [7, 11) is 0. The Labute approximate surface area is 176 Å². The Kier molecular flexibility index (Phi) is 4.31. The summed E-state index contributed by atoms with van der Waals surface area (Å²) < 4.78 is 11.2. The molecular formula is C23H27N3O4. The van der Waals surface area contributed by atoms with Crippen LogP contribution in [-0.4, -0.2) is 47.1 Å². The van der Waals surface area contributed by atoms with Gasteiger partial charge in [-0.3, -0.25) is 9.88 Å². The molecule has 7 nitrogen and oxygen atoms in total. The largest absolute Gasteiger partial charge is 0.489 e. The summed E-state index contributed by atoms with van der Waals surface area (Å²) in [5.41, 5.74) is 3.75. The summed E-state index contributed by atoms with van der Waals surface area (Å²) in [5, 5.41) is 13.1. The van der Waals surface area contributed by atoms with Crippen LogP contribution in [0, 0.1) is 0 Å². The van der Waals surface area contributed by atoms with Crippen LogP contribution in [0.3, 0.4) is 0 Å². The van der Waals surface area contributed by atoms with Crippen LogP contribution in [0.25, 0.3) is 11.1 Å². The number of rotatable bonds is 4. The Morgan fingerprint density at radius 2 is 2.00 bits per heavy atom. The zero-order valence-electron chi connectivity index (χ0n) is 17.5. The van der Waals surface area contributed by atoms with Crippen molar-refractivity contribution >= 4 is 11.8 Å². The minimum Gasteiger partial charge on any atom is -0.489 e. The van der Waals surface area contributed by atoms with Gasteiger partial charge in [0.1, 0.15) is 18.4 Å². The summed E-state index contributed by atoms with van der Waals surface area (Å²) >= 11 is 0. The lowest BCUT2D eigenvalue weighted by Gasteiger charge is -2.31. The molecule has 1 aliphatic carbocycles. The number of hydrogen-bond acceptors (Lipinski definition) is 6. The molecule has 0 unspecified atom stereocenters. The maximum Gasteiger partial charge on any atom is 0.415 e. The van der Waals surface area contributed by atoms with Crippen LogP contribution >= 0.6 is 0 Å². The van der Waals surface area contributed by atoms with E-state index in [4.69, 9.17) is 14.5 Å². The molecule has 2 fully saturated rings. The molecule has 1 aromatic carbocycles. The number of fused-ring (bicyclic) bond motifs is 3. The third-order valence-corrected chi connectivity index (χ3v) is 5.97. The first-order valence-electron chi connectivity index (χ1n) is 10.4. The second kappa shape index (κ2) is 6.68. The highest BCUT2D eigenvalue weighted by molar-refractivity contribution is 5.94. The highest BCUT2D eigenvalue weighted by Gasteiger charge is 2.48. The maximum atomic E-state index is 12.3. The van der Waals surface area contributed by atoms with Gasteiger partial charge in [0.05, 0.1) is 23.5 Å². The van der Waals surface area contributed by atoms with Crippen LogP contribution in [0.2, 0.25) is 0 Å². The van der Waals surface area contributed by atoms with Crippen molar-refractivity contribution in [2.24, 2.45) is 0 Å². The summed E-state index contributed by atoms with van der Waals surface area (Å²) in [4.78, 5) is 18.6. The SMILES string of the molecule is CC(C)(C)NC1(c2ccc(-c3ccc4c(c3)OC[C@H]3[C@H](CO)OC(=O)N43)cn2)CC1. The van der Waals surface area contributed by atoms with E-state index in [1.165, 1.54) is 0 Å². The minimum atomic E-state index is -0.557. The zero-order chi connectivity index (χ0) is 21.1. The van der Waals surface area contributed by atoms with Crippen molar-refractivity contribution in [3.05, 3.63) is 42.2 Å². The lowest BCUT2D eigenvalue weighted by Crippen LogP contribution is -2.45. The number of pyridine rings is 1. The van der Waals surface area contributed by atoms with Crippen molar-refractivity contribution in [1.29, 1.82) is 0 Å².